The Kier molecular flexibility index (Phi) is 2.43. The molecule has 0 N–H and O–H groups in total. The van der Waals surface area contributed by atoms with Crippen LogP contribution < -0.4 is 5.56 Å². The van der Waals surface area contributed by atoms with Gasteiger partial charge in [0.25, 0.3) is 0 Å². The molecule has 0 amide bonds. The first kappa shape index (κ1) is 9.88. The molecule has 0 atom stereocenters. The number of rotatable bonds is 1. The van der Waals surface area contributed by atoms with Gasteiger partial charge in [-0.25, -0.2) is 0 Å². The van der Waals surface area contributed by atoms with Gasteiger partial charge in [0, 0.05) is 0 Å². The molecule has 1 aliphatic carbocycles. The van der Waals surface area contributed by atoms with Crippen molar-refractivity contribution in [3.8, 4) is 0 Å². The van der Waals surface area contributed by atoms with Crippen LogP contribution in [0.3, 0.4) is 0 Å². The molecule has 0 bridgehead atoms. The molecule has 3 rings (SSSR count). The van der Waals surface area contributed by atoms with E-state index in [4.69, 9.17) is 0 Å². The van der Waals surface area contributed by atoms with Crippen molar-refractivity contribution in [2.75, 3.05) is 0 Å². The van der Waals surface area contributed by atoms with Crippen LogP contribution in [0.5, 0.6) is 0 Å². The summed E-state index contributed by atoms with van der Waals surface area (Å²) in [6.45, 7) is 0. The zero-order chi connectivity index (χ0) is 11.0. The number of allylic oxidation sites excluding steroid dienone is 4. The Labute approximate surface area is 99.5 Å². The summed E-state index contributed by atoms with van der Waals surface area (Å²) in [4.78, 5) is 12.2. The molecule has 0 radical (unpaired) electrons. The number of nitrogens with zero attached hydrogens (tertiary/aromatic N) is 1. The van der Waals surface area contributed by atoms with Crippen molar-refractivity contribution < 1.29 is 0 Å². The summed E-state index contributed by atoms with van der Waals surface area (Å²) >= 11 is 0.112. The average molecular weight is 276 g/mol. The van der Waals surface area contributed by atoms with Gasteiger partial charge in [0.1, 0.15) is 0 Å². The van der Waals surface area contributed by atoms with Gasteiger partial charge in [0.05, 0.1) is 0 Å². The molecule has 2 nitrogen and oxygen atoms in total. The molecule has 1 heterocycles. The monoisotopic (exact) mass is 277 g/mol. The van der Waals surface area contributed by atoms with Crippen molar-refractivity contribution in [2.24, 2.45) is 0 Å². The quantitative estimate of drug-likeness (QED) is 0.732. The van der Waals surface area contributed by atoms with Crippen molar-refractivity contribution in [3.05, 3.63) is 52.8 Å². The van der Waals surface area contributed by atoms with E-state index < -0.39 is 0 Å². The first-order chi connectivity index (χ1) is 7.86. The maximum absolute atomic E-state index is 12.2. The van der Waals surface area contributed by atoms with Crippen LogP contribution in [0.25, 0.3) is 15.3 Å². The Morgan fingerprint density at radius 1 is 1.19 bits per heavy atom. The van der Waals surface area contributed by atoms with Crippen LogP contribution in [-0.2, 0) is 0 Å². The molecule has 2 aromatic rings. The number of aromatic nitrogens is 1. The molecule has 1 aromatic heterocycles. The second-order valence-electron chi connectivity index (χ2n) is 3.80. The van der Waals surface area contributed by atoms with Gasteiger partial charge in [-0.1, -0.05) is 0 Å². The third-order valence-electron chi connectivity index (χ3n) is 2.70. The van der Waals surface area contributed by atoms with E-state index in [0.29, 0.717) is 0 Å². The van der Waals surface area contributed by atoms with Crippen LogP contribution in [0.4, 0.5) is 0 Å². The Hall–Kier alpha value is -1.31. The predicted octanol–water partition coefficient (Wildman–Crippen LogP) is 2.25. The zero-order valence-corrected chi connectivity index (χ0v) is 10.4. The van der Waals surface area contributed by atoms with E-state index in [2.05, 4.69) is 24.3 Å². The Morgan fingerprint density at radius 3 is 2.81 bits per heavy atom. The van der Waals surface area contributed by atoms with Gasteiger partial charge in [-0.15, -0.1) is 0 Å². The molecule has 1 aliphatic rings. The van der Waals surface area contributed by atoms with Crippen molar-refractivity contribution in [1.29, 1.82) is 0 Å². The summed E-state index contributed by atoms with van der Waals surface area (Å²) in [5.41, 5.74) is 1.24. The van der Waals surface area contributed by atoms with E-state index in [1.807, 2.05) is 21.8 Å². The van der Waals surface area contributed by atoms with Gasteiger partial charge in [0.2, 0.25) is 0 Å². The van der Waals surface area contributed by atoms with E-state index >= 15 is 0 Å². The molecule has 0 spiro atoms. The first-order valence-electron chi connectivity index (χ1n) is 5.34. The van der Waals surface area contributed by atoms with Gasteiger partial charge >= 0.3 is 99.3 Å². The van der Waals surface area contributed by atoms with Crippen LogP contribution in [0.2, 0.25) is 0 Å². The van der Waals surface area contributed by atoms with Crippen molar-refractivity contribution in [1.82, 2.24) is 3.56 Å². The normalized spacial score (nSPS) is 15.4. The number of fused-ring (bicyclic) bond motifs is 1. The van der Waals surface area contributed by atoms with Gasteiger partial charge in [0.15, 0.2) is 0 Å². The Morgan fingerprint density at radius 2 is 2.06 bits per heavy atom. The van der Waals surface area contributed by atoms with Crippen molar-refractivity contribution in [3.63, 3.8) is 0 Å². The fraction of sp³-hybridized carbons (Fsp3) is 0.154. The second kappa shape index (κ2) is 3.93. The number of benzene rings is 1. The van der Waals surface area contributed by atoms with Crippen molar-refractivity contribution >= 4 is 30.1 Å². The Balaban J connectivity index is 2.25. The molecule has 1 aromatic carbocycles. The van der Waals surface area contributed by atoms with Crippen molar-refractivity contribution in [2.45, 2.75) is 12.8 Å². The number of hydrogen-bond acceptors (Lipinski definition) is 1. The third-order valence-corrected chi connectivity index (χ3v) is 5.03. The summed E-state index contributed by atoms with van der Waals surface area (Å²) in [6.07, 6.45) is 8.50. The van der Waals surface area contributed by atoms with Gasteiger partial charge in [-0.05, 0) is 0 Å². The summed E-state index contributed by atoms with van der Waals surface area (Å²) in [7, 11) is 0. The molecule has 0 unspecified atom stereocenters. The third kappa shape index (κ3) is 1.53. The molecule has 80 valence electrons. The van der Waals surface area contributed by atoms with Gasteiger partial charge < -0.3 is 0 Å². The van der Waals surface area contributed by atoms with Crippen LogP contribution in [-0.4, -0.2) is 18.3 Å². The molecule has 0 fully saturated rings. The minimum absolute atomic E-state index is 0.112. The second-order valence-corrected chi connectivity index (χ2v) is 5.87. The minimum atomic E-state index is 0.112. The van der Waals surface area contributed by atoms with Gasteiger partial charge in [-0.2, -0.15) is 0 Å². The van der Waals surface area contributed by atoms with E-state index in [1.54, 1.807) is 0 Å². The zero-order valence-electron chi connectivity index (χ0n) is 8.72. The first-order valence-corrected chi connectivity index (χ1v) is 6.97. The topological polar surface area (TPSA) is 22.0 Å². The summed E-state index contributed by atoms with van der Waals surface area (Å²) < 4.78 is 3.12. The molecule has 16 heavy (non-hydrogen) atoms. The molecular formula is C13H11NOSe. The average Bonchev–Trinajstić information content (AvgIpc) is 2.69. The molecular weight excluding hydrogens is 265 g/mol. The van der Waals surface area contributed by atoms with E-state index in [9.17, 15) is 4.79 Å². The summed E-state index contributed by atoms with van der Waals surface area (Å²) in [6, 6.07) is 7.91. The van der Waals surface area contributed by atoms with E-state index in [1.165, 1.54) is 4.26 Å². The van der Waals surface area contributed by atoms with Crippen LogP contribution in [0.1, 0.15) is 12.8 Å². The summed E-state index contributed by atoms with van der Waals surface area (Å²) in [5.74, 6) is 0. The number of hydrogen-bond donors (Lipinski definition) is 0. The SMILES string of the molecule is O=c1c2ccccc2[se]n1C1=CCCC=C1. The van der Waals surface area contributed by atoms with Crippen LogP contribution >= 0.6 is 0 Å². The van der Waals surface area contributed by atoms with Crippen LogP contribution in [0.15, 0.2) is 47.3 Å². The predicted molar refractivity (Wildman–Crippen MR) is 67.8 cm³/mol. The standard InChI is InChI=1S/C13H11NOSe/c15-13-11-8-4-5-9-12(11)16-14(13)10-6-2-1-3-7-10/h2,4-9H,1,3H2. The molecule has 0 aliphatic heterocycles. The maximum atomic E-state index is 12.2. The summed E-state index contributed by atoms with van der Waals surface area (Å²) in [5, 5.41) is 0.877. The van der Waals surface area contributed by atoms with E-state index in [-0.39, 0.29) is 20.3 Å². The molecule has 0 saturated heterocycles. The van der Waals surface area contributed by atoms with E-state index in [0.717, 1.165) is 23.9 Å². The molecule has 3 heteroatoms. The fourth-order valence-corrected chi connectivity index (χ4v) is 4.02. The van der Waals surface area contributed by atoms with Crippen LogP contribution in [0, 0.1) is 0 Å². The van der Waals surface area contributed by atoms with Gasteiger partial charge in [-0.3, -0.25) is 0 Å². The fourth-order valence-electron chi connectivity index (χ4n) is 1.89. The molecule has 0 saturated carbocycles. The Bertz CT molecular complexity index is 645.